The van der Waals surface area contributed by atoms with Gasteiger partial charge in [0.25, 0.3) is 0 Å². The minimum absolute atomic E-state index is 0.602. The highest BCUT2D eigenvalue weighted by Gasteiger charge is 2.26. The van der Waals surface area contributed by atoms with Gasteiger partial charge in [0.2, 0.25) is 11.7 Å². The molecule has 2 heterocycles. The molecule has 3 rings (SSSR count). The van der Waals surface area contributed by atoms with Crippen LogP contribution in [0.15, 0.2) is 21.3 Å². The van der Waals surface area contributed by atoms with Crippen LogP contribution in [0.3, 0.4) is 0 Å². The molecule has 108 valence electrons. The monoisotopic (exact) mass is 291 g/mol. The Kier molecular flexibility index (Phi) is 4.47. The van der Waals surface area contributed by atoms with E-state index in [9.17, 15) is 0 Å². The third-order valence-corrected chi connectivity index (χ3v) is 4.74. The van der Waals surface area contributed by atoms with Crippen molar-refractivity contribution in [3.8, 4) is 11.4 Å². The average Bonchev–Trinajstić information content (AvgIpc) is 3.12. The molecule has 1 N–H and O–H groups in total. The van der Waals surface area contributed by atoms with Gasteiger partial charge in [-0.1, -0.05) is 24.9 Å². The van der Waals surface area contributed by atoms with Gasteiger partial charge in [0.15, 0.2) is 0 Å². The molecule has 2 unspecified atom stereocenters. The second kappa shape index (κ2) is 6.50. The molecule has 1 aliphatic rings. The molecule has 2 aromatic heterocycles. The first-order valence-corrected chi connectivity index (χ1v) is 8.39. The molecule has 4 nitrogen and oxygen atoms in total. The van der Waals surface area contributed by atoms with Crippen LogP contribution in [0.4, 0.5) is 0 Å². The summed E-state index contributed by atoms with van der Waals surface area (Å²) < 4.78 is 5.43. The van der Waals surface area contributed by atoms with Crippen LogP contribution in [0.25, 0.3) is 11.4 Å². The fourth-order valence-electron chi connectivity index (χ4n) is 3.05. The minimum atomic E-state index is 0.602. The summed E-state index contributed by atoms with van der Waals surface area (Å²) >= 11 is 1.65. The van der Waals surface area contributed by atoms with Gasteiger partial charge < -0.3 is 9.84 Å². The highest BCUT2D eigenvalue weighted by molar-refractivity contribution is 7.08. The molecular weight excluding hydrogens is 270 g/mol. The number of hydrogen-bond donors (Lipinski definition) is 1. The van der Waals surface area contributed by atoms with Gasteiger partial charge in [0.1, 0.15) is 0 Å². The molecule has 2 aromatic rings. The van der Waals surface area contributed by atoms with Gasteiger partial charge in [-0.05, 0) is 36.8 Å². The van der Waals surface area contributed by atoms with Crippen molar-refractivity contribution in [1.82, 2.24) is 15.5 Å². The van der Waals surface area contributed by atoms with Crippen LogP contribution in [0.1, 0.15) is 38.5 Å². The van der Waals surface area contributed by atoms with Crippen molar-refractivity contribution >= 4 is 11.3 Å². The first kappa shape index (κ1) is 13.8. The third-order valence-electron chi connectivity index (χ3n) is 4.06. The Labute approximate surface area is 123 Å². The van der Waals surface area contributed by atoms with Crippen LogP contribution in [-0.4, -0.2) is 22.7 Å². The van der Waals surface area contributed by atoms with Gasteiger partial charge >= 0.3 is 0 Å². The van der Waals surface area contributed by atoms with Crippen LogP contribution >= 0.6 is 11.3 Å². The molecule has 0 saturated heterocycles. The topological polar surface area (TPSA) is 51.0 Å². The number of rotatable bonds is 5. The van der Waals surface area contributed by atoms with E-state index in [0.29, 0.717) is 12.0 Å². The molecule has 0 aliphatic heterocycles. The number of aromatic nitrogens is 2. The molecule has 5 heteroatoms. The lowest BCUT2D eigenvalue weighted by atomic mass is 9.82. The van der Waals surface area contributed by atoms with E-state index >= 15 is 0 Å². The van der Waals surface area contributed by atoms with Crippen LogP contribution < -0.4 is 5.32 Å². The maximum atomic E-state index is 5.43. The largest absolute Gasteiger partial charge is 0.339 e. The van der Waals surface area contributed by atoms with E-state index in [0.717, 1.165) is 30.2 Å². The summed E-state index contributed by atoms with van der Waals surface area (Å²) in [6.45, 7) is 3.21. The highest BCUT2D eigenvalue weighted by Crippen LogP contribution is 2.28. The highest BCUT2D eigenvalue weighted by atomic mass is 32.1. The lowest BCUT2D eigenvalue weighted by Gasteiger charge is -2.31. The summed E-state index contributed by atoms with van der Waals surface area (Å²) in [5.74, 6) is 2.12. The molecule has 1 saturated carbocycles. The Balaban J connectivity index is 1.67. The molecule has 0 spiro atoms. The van der Waals surface area contributed by atoms with Crippen molar-refractivity contribution < 1.29 is 4.52 Å². The van der Waals surface area contributed by atoms with E-state index < -0.39 is 0 Å². The Bertz CT molecular complexity index is 521. The molecule has 20 heavy (non-hydrogen) atoms. The maximum Gasteiger partial charge on any atom is 0.227 e. The summed E-state index contributed by atoms with van der Waals surface area (Å²) in [6, 6.07) is 2.63. The maximum absolute atomic E-state index is 5.43. The summed E-state index contributed by atoms with van der Waals surface area (Å²) in [4.78, 5) is 4.54. The van der Waals surface area contributed by atoms with Crippen LogP contribution in [-0.2, 0) is 6.42 Å². The van der Waals surface area contributed by atoms with Gasteiger partial charge in [-0.25, -0.2) is 0 Å². The molecule has 1 fully saturated rings. The Morgan fingerprint density at radius 3 is 3.10 bits per heavy atom. The SMILES string of the molecule is CCNC1CCCCC1Cc1nc(-c2ccsc2)no1. The van der Waals surface area contributed by atoms with E-state index in [1.54, 1.807) is 11.3 Å². The van der Waals surface area contributed by atoms with Gasteiger partial charge in [0, 0.05) is 23.4 Å². The van der Waals surface area contributed by atoms with Gasteiger partial charge in [-0.2, -0.15) is 16.3 Å². The zero-order valence-electron chi connectivity index (χ0n) is 11.8. The second-order valence-corrected chi connectivity index (χ2v) is 6.22. The molecule has 2 atom stereocenters. The Morgan fingerprint density at radius 1 is 1.40 bits per heavy atom. The van der Waals surface area contributed by atoms with Crippen molar-refractivity contribution in [2.24, 2.45) is 5.92 Å². The summed E-state index contributed by atoms with van der Waals surface area (Å²) in [5, 5.41) is 11.8. The lowest BCUT2D eigenvalue weighted by Crippen LogP contribution is -2.39. The first-order valence-electron chi connectivity index (χ1n) is 7.45. The van der Waals surface area contributed by atoms with Crippen LogP contribution in [0, 0.1) is 5.92 Å². The van der Waals surface area contributed by atoms with E-state index in [4.69, 9.17) is 4.52 Å². The Morgan fingerprint density at radius 2 is 2.30 bits per heavy atom. The number of hydrogen-bond acceptors (Lipinski definition) is 5. The van der Waals surface area contributed by atoms with E-state index in [1.165, 1.54) is 25.7 Å². The smallest absolute Gasteiger partial charge is 0.227 e. The molecule has 0 radical (unpaired) electrons. The number of nitrogens with zero attached hydrogens (tertiary/aromatic N) is 2. The quantitative estimate of drug-likeness (QED) is 0.916. The summed E-state index contributed by atoms with van der Waals surface area (Å²) in [6.07, 6.45) is 6.07. The zero-order chi connectivity index (χ0) is 13.8. The standard InChI is InChI=1S/C15H21N3OS/c1-2-16-13-6-4-3-5-11(13)9-14-17-15(18-19-14)12-7-8-20-10-12/h7-8,10-11,13,16H,2-6,9H2,1H3. The molecule has 1 aliphatic carbocycles. The van der Waals surface area contributed by atoms with Gasteiger partial charge in [-0.3, -0.25) is 0 Å². The Hall–Kier alpha value is -1.20. The predicted octanol–water partition coefficient (Wildman–Crippen LogP) is 3.51. The summed E-state index contributed by atoms with van der Waals surface area (Å²) in [5.41, 5.74) is 1.05. The van der Waals surface area contributed by atoms with Gasteiger partial charge in [-0.15, -0.1) is 0 Å². The van der Waals surface area contributed by atoms with Crippen molar-refractivity contribution in [2.45, 2.75) is 45.1 Å². The van der Waals surface area contributed by atoms with Crippen molar-refractivity contribution in [3.05, 3.63) is 22.7 Å². The third kappa shape index (κ3) is 3.10. The van der Waals surface area contributed by atoms with Crippen LogP contribution in [0.5, 0.6) is 0 Å². The number of nitrogens with one attached hydrogen (secondary N) is 1. The van der Waals surface area contributed by atoms with E-state index in [1.807, 2.05) is 11.4 Å². The normalized spacial score (nSPS) is 23.1. The number of thiophene rings is 1. The fraction of sp³-hybridized carbons (Fsp3) is 0.600. The van der Waals surface area contributed by atoms with Crippen LogP contribution in [0.2, 0.25) is 0 Å². The molecule has 0 aromatic carbocycles. The second-order valence-electron chi connectivity index (χ2n) is 5.44. The van der Waals surface area contributed by atoms with Crippen molar-refractivity contribution in [3.63, 3.8) is 0 Å². The lowest BCUT2D eigenvalue weighted by molar-refractivity contribution is 0.242. The van der Waals surface area contributed by atoms with E-state index in [-0.39, 0.29) is 0 Å². The first-order chi connectivity index (χ1) is 9.86. The summed E-state index contributed by atoms with van der Waals surface area (Å²) in [7, 11) is 0. The van der Waals surface area contributed by atoms with E-state index in [2.05, 4.69) is 27.8 Å². The fourth-order valence-corrected chi connectivity index (χ4v) is 3.69. The molecule has 0 bridgehead atoms. The average molecular weight is 291 g/mol. The van der Waals surface area contributed by atoms with Crippen molar-refractivity contribution in [1.29, 1.82) is 0 Å². The molecular formula is C15H21N3OS. The van der Waals surface area contributed by atoms with Crippen molar-refractivity contribution in [2.75, 3.05) is 6.54 Å². The van der Waals surface area contributed by atoms with Gasteiger partial charge in [0.05, 0.1) is 0 Å². The molecule has 0 amide bonds. The zero-order valence-corrected chi connectivity index (χ0v) is 12.7. The predicted molar refractivity (Wildman–Crippen MR) is 80.7 cm³/mol. The minimum Gasteiger partial charge on any atom is -0.339 e.